The first kappa shape index (κ1) is 12.5. The summed E-state index contributed by atoms with van der Waals surface area (Å²) < 4.78 is 40.7. The van der Waals surface area contributed by atoms with Gasteiger partial charge in [0.15, 0.2) is 17.5 Å². The molecule has 1 heterocycles. The second-order valence-electron chi connectivity index (χ2n) is 3.98. The van der Waals surface area contributed by atoms with Crippen LogP contribution in [0.4, 0.5) is 18.9 Å². The van der Waals surface area contributed by atoms with Crippen molar-refractivity contribution in [2.24, 2.45) is 7.05 Å². The number of aromatic nitrogens is 2. The lowest BCUT2D eigenvalue weighted by atomic mass is 10.2. The molecule has 0 bridgehead atoms. The second kappa shape index (κ2) is 4.72. The Labute approximate surface area is 102 Å². The molecule has 1 aromatic carbocycles. The van der Waals surface area contributed by atoms with Crippen LogP contribution in [-0.4, -0.2) is 9.78 Å². The van der Waals surface area contributed by atoms with E-state index in [0.29, 0.717) is 0 Å². The van der Waals surface area contributed by atoms with Crippen molar-refractivity contribution in [3.05, 3.63) is 47.0 Å². The molecular weight excluding hydrogens is 243 g/mol. The molecule has 0 saturated carbocycles. The summed E-state index contributed by atoms with van der Waals surface area (Å²) >= 11 is 0. The molecule has 2 aromatic rings. The summed E-state index contributed by atoms with van der Waals surface area (Å²) in [6.07, 6.45) is 0. The van der Waals surface area contributed by atoms with E-state index in [9.17, 15) is 13.2 Å². The van der Waals surface area contributed by atoms with Gasteiger partial charge in [-0.25, -0.2) is 13.2 Å². The quantitative estimate of drug-likeness (QED) is 0.855. The minimum atomic E-state index is -1.47. The van der Waals surface area contributed by atoms with E-state index in [1.54, 1.807) is 11.7 Å². The summed E-state index contributed by atoms with van der Waals surface area (Å²) in [5, 5.41) is 6.84. The number of anilines is 1. The Morgan fingerprint density at radius 2 is 1.94 bits per heavy atom. The van der Waals surface area contributed by atoms with Gasteiger partial charge in [-0.05, 0) is 25.1 Å². The largest absolute Gasteiger partial charge is 0.377 e. The number of nitrogens with one attached hydrogen (secondary N) is 1. The Morgan fingerprint density at radius 1 is 1.22 bits per heavy atom. The van der Waals surface area contributed by atoms with Gasteiger partial charge in [0, 0.05) is 7.05 Å². The first-order valence-corrected chi connectivity index (χ1v) is 5.36. The van der Waals surface area contributed by atoms with Gasteiger partial charge >= 0.3 is 0 Å². The first-order chi connectivity index (χ1) is 8.49. The molecule has 0 spiro atoms. The van der Waals surface area contributed by atoms with Gasteiger partial charge in [0.1, 0.15) is 0 Å². The molecule has 0 saturated heterocycles. The van der Waals surface area contributed by atoms with Gasteiger partial charge in [0.2, 0.25) is 0 Å². The zero-order valence-corrected chi connectivity index (χ0v) is 9.97. The van der Waals surface area contributed by atoms with Crippen molar-refractivity contribution < 1.29 is 13.2 Å². The predicted molar refractivity (Wildman–Crippen MR) is 61.6 cm³/mol. The highest BCUT2D eigenvalue weighted by Crippen LogP contribution is 2.20. The smallest absolute Gasteiger partial charge is 0.196 e. The van der Waals surface area contributed by atoms with Gasteiger partial charge in [0.05, 0.1) is 23.6 Å². The van der Waals surface area contributed by atoms with Gasteiger partial charge in [0.25, 0.3) is 0 Å². The summed E-state index contributed by atoms with van der Waals surface area (Å²) in [5.41, 5.74) is 1.57. The molecule has 18 heavy (non-hydrogen) atoms. The molecule has 0 fully saturated rings. The third-order valence-corrected chi connectivity index (χ3v) is 2.59. The fourth-order valence-corrected chi connectivity index (χ4v) is 1.68. The Morgan fingerprint density at radius 3 is 2.56 bits per heavy atom. The third-order valence-electron chi connectivity index (χ3n) is 2.59. The zero-order valence-electron chi connectivity index (χ0n) is 9.97. The molecule has 1 N–H and O–H groups in total. The number of nitrogens with zero attached hydrogens (tertiary/aromatic N) is 2. The topological polar surface area (TPSA) is 29.9 Å². The standard InChI is InChI=1S/C12H12F3N3/c1-7-5-8(18(2)17-7)6-16-10-4-3-9(13)11(14)12(10)15/h3-5,16H,6H2,1-2H3. The van der Waals surface area contributed by atoms with Crippen LogP contribution in [0.2, 0.25) is 0 Å². The molecule has 0 aliphatic carbocycles. The van der Waals surface area contributed by atoms with Crippen LogP contribution in [-0.2, 0) is 13.6 Å². The maximum atomic E-state index is 13.4. The molecule has 2 rings (SSSR count). The fourth-order valence-electron chi connectivity index (χ4n) is 1.68. The molecule has 0 amide bonds. The highest BCUT2D eigenvalue weighted by Gasteiger charge is 2.13. The summed E-state index contributed by atoms with van der Waals surface area (Å²) in [6.45, 7) is 2.11. The fraction of sp³-hybridized carbons (Fsp3) is 0.250. The summed E-state index contributed by atoms with van der Waals surface area (Å²) in [5.74, 6) is -3.88. The van der Waals surface area contributed by atoms with Crippen LogP contribution in [0.3, 0.4) is 0 Å². The van der Waals surface area contributed by atoms with E-state index in [1.807, 2.05) is 13.0 Å². The van der Waals surface area contributed by atoms with E-state index in [2.05, 4.69) is 10.4 Å². The minimum Gasteiger partial charge on any atom is -0.377 e. The minimum absolute atomic E-state index is 0.0762. The van der Waals surface area contributed by atoms with E-state index in [4.69, 9.17) is 0 Å². The average Bonchev–Trinajstić information content (AvgIpc) is 2.64. The SMILES string of the molecule is Cc1cc(CNc2ccc(F)c(F)c2F)n(C)n1. The van der Waals surface area contributed by atoms with Gasteiger partial charge in [-0.15, -0.1) is 0 Å². The molecule has 0 unspecified atom stereocenters. The van der Waals surface area contributed by atoms with Crippen molar-refractivity contribution in [1.82, 2.24) is 9.78 Å². The van der Waals surface area contributed by atoms with Crippen molar-refractivity contribution >= 4 is 5.69 Å². The number of hydrogen-bond acceptors (Lipinski definition) is 2. The van der Waals surface area contributed by atoms with E-state index in [-0.39, 0.29) is 12.2 Å². The molecule has 1 aromatic heterocycles. The Bertz CT molecular complexity index is 578. The van der Waals surface area contributed by atoms with Crippen molar-refractivity contribution in [3.8, 4) is 0 Å². The van der Waals surface area contributed by atoms with Crippen molar-refractivity contribution in [2.45, 2.75) is 13.5 Å². The van der Waals surface area contributed by atoms with Gasteiger partial charge in [-0.2, -0.15) is 5.10 Å². The van der Waals surface area contributed by atoms with Crippen molar-refractivity contribution in [3.63, 3.8) is 0 Å². The normalized spacial score (nSPS) is 10.7. The average molecular weight is 255 g/mol. The molecule has 3 nitrogen and oxygen atoms in total. The monoisotopic (exact) mass is 255 g/mol. The van der Waals surface area contributed by atoms with E-state index < -0.39 is 17.5 Å². The molecule has 0 radical (unpaired) electrons. The Balaban J connectivity index is 2.16. The van der Waals surface area contributed by atoms with E-state index in [1.165, 1.54) is 0 Å². The van der Waals surface area contributed by atoms with E-state index >= 15 is 0 Å². The number of hydrogen-bond donors (Lipinski definition) is 1. The van der Waals surface area contributed by atoms with Crippen LogP contribution in [0.15, 0.2) is 18.2 Å². The van der Waals surface area contributed by atoms with Gasteiger partial charge in [-0.1, -0.05) is 0 Å². The number of halogens is 3. The molecular formula is C12H12F3N3. The maximum absolute atomic E-state index is 13.4. The molecule has 0 aliphatic heterocycles. The van der Waals surface area contributed by atoms with Gasteiger partial charge < -0.3 is 5.32 Å². The summed E-state index contributed by atoms with van der Waals surface area (Å²) in [4.78, 5) is 0. The lowest BCUT2D eigenvalue weighted by Crippen LogP contribution is -2.07. The Kier molecular flexibility index (Phi) is 3.27. The summed E-state index contributed by atoms with van der Waals surface area (Å²) in [7, 11) is 1.76. The molecule has 96 valence electrons. The molecule has 6 heteroatoms. The Hall–Kier alpha value is -1.98. The molecule has 0 aliphatic rings. The zero-order chi connectivity index (χ0) is 13.3. The first-order valence-electron chi connectivity index (χ1n) is 5.36. The van der Waals surface area contributed by atoms with Crippen LogP contribution in [0.1, 0.15) is 11.4 Å². The summed E-state index contributed by atoms with van der Waals surface area (Å²) in [6, 6.07) is 3.87. The number of benzene rings is 1. The predicted octanol–water partition coefficient (Wildman–Crippen LogP) is 2.76. The highest BCUT2D eigenvalue weighted by atomic mass is 19.2. The third kappa shape index (κ3) is 2.32. The van der Waals surface area contributed by atoms with E-state index in [0.717, 1.165) is 23.5 Å². The van der Waals surface area contributed by atoms with Gasteiger partial charge in [-0.3, -0.25) is 4.68 Å². The van der Waals surface area contributed by atoms with Crippen LogP contribution in [0.5, 0.6) is 0 Å². The molecule has 0 atom stereocenters. The second-order valence-corrected chi connectivity index (χ2v) is 3.98. The number of aryl methyl sites for hydroxylation is 2. The van der Waals surface area contributed by atoms with Crippen molar-refractivity contribution in [1.29, 1.82) is 0 Å². The maximum Gasteiger partial charge on any atom is 0.196 e. The van der Waals surface area contributed by atoms with Crippen LogP contribution in [0, 0.1) is 24.4 Å². The number of rotatable bonds is 3. The lowest BCUT2D eigenvalue weighted by molar-refractivity contribution is 0.449. The van der Waals surface area contributed by atoms with Crippen LogP contribution < -0.4 is 5.32 Å². The highest BCUT2D eigenvalue weighted by molar-refractivity contribution is 5.45. The van der Waals surface area contributed by atoms with Crippen molar-refractivity contribution in [2.75, 3.05) is 5.32 Å². The van der Waals surface area contributed by atoms with Crippen LogP contribution >= 0.6 is 0 Å². The van der Waals surface area contributed by atoms with Crippen LogP contribution in [0.25, 0.3) is 0 Å². The lowest BCUT2D eigenvalue weighted by Gasteiger charge is -2.08.